The molecule has 0 saturated carbocycles. The van der Waals surface area contributed by atoms with E-state index in [1.54, 1.807) is 0 Å². The molecule has 1 atom stereocenters. The normalized spacial score (nSPS) is 19.2. The van der Waals surface area contributed by atoms with Crippen molar-refractivity contribution in [3.63, 3.8) is 0 Å². The van der Waals surface area contributed by atoms with Crippen LogP contribution in [-0.4, -0.2) is 11.3 Å². The Balaban J connectivity index is 2.04. The van der Waals surface area contributed by atoms with E-state index in [0.29, 0.717) is 0 Å². The van der Waals surface area contributed by atoms with Crippen LogP contribution in [0, 0.1) is 11.8 Å². The zero-order valence-electron chi connectivity index (χ0n) is 10.8. The molecule has 18 heavy (non-hydrogen) atoms. The average Bonchev–Trinajstić information content (AvgIpc) is 2.76. The molecule has 2 nitrogen and oxygen atoms in total. The first kappa shape index (κ1) is 11.8. The average molecular weight is 259 g/mol. The van der Waals surface area contributed by atoms with E-state index >= 15 is 0 Å². The lowest BCUT2D eigenvalue weighted by molar-refractivity contribution is 0.112. The molecule has 0 saturated heterocycles. The van der Waals surface area contributed by atoms with Crippen molar-refractivity contribution in [1.82, 2.24) is 4.98 Å². The van der Waals surface area contributed by atoms with Crippen molar-refractivity contribution in [2.75, 3.05) is 0 Å². The van der Waals surface area contributed by atoms with Gasteiger partial charge in [-0.1, -0.05) is 13.8 Å². The van der Waals surface area contributed by atoms with Crippen molar-refractivity contribution in [3.8, 4) is 0 Å². The highest BCUT2D eigenvalue weighted by atomic mass is 32.1. The fourth-order valence-electron chi connectivity index (χ4n) is 2.80. The minimum absolute atomic E-state index is 0.738. The van der Waals surface area contributed by atoms with Gasteiger partial charge in [-0.05, 0) is 48.8 Å². The summed E-state index contributed by atoms with van der Waals surface area (Å²) in [6.45, 7) is 4.60. The lowest BCUT2D eigenvalue weighted by atomic mass is 9.80. The van der Waals surface area contributed by atoms with Gasteiger partial charge in [0.1, 0.15) is 4.83 Å². The number of carbonyl (C=O) groups excluding carboxylic acids is 1. The third-order valence-corrected chi connectivity index (χ3v) is 4.96. The van der Waals surface area contributed by atoms with E-state index in [9.17, 15) is 4.79 Å². The Morgan fingerprint density at radius 3 is 3.00 bits per heavy atom. The summed E-state index contributed by atoms with van der Waals surface area (Å²) < 4.78 is 0. The monoisotopic (exact) mass is 259 g/mol. The first-order valence-corrected chi connectivity index (χ1v) is 7.36. The molecule has 2 aromatic heterocycles. The van der Waals surface area contributed by atoms with Crippen LogP contribution in [0.2, 0.25) is 0 Å². The maximum absolute atomic E-state index is 10.8. The van der Waals surface area contributed by atoms with Gasteiger partial charge in [0, 0.05) is 11.1 Å². The molecule has 3 heteroatoms. The molecule has 0 N–H and O–H groups in total. The number of aromatic nitrogens is 1. The molecule has 1 unspecified atom stereocenters. The van der Waals surface area contributed by atoms with Crippen molar-refractivity contribution in [2.24, 2.45) is 11.8 Å². The topological polar surface area (TPSA) is 30.0 Å². The van der Waals surface area contributed by atoms with E-state index in [0.717, 1.165) is 46.1 Å². The van der Waals surface area contributed by atoms with Crippen molar-refractivity contribution in [2.45, 2.75) is 33.1 Å². The van der Waals surface area contributed by atoms with Crippen molar-refractivity contribution >= 4 is 27.8 Å². The zero-order valence-corrected chi connectivity index (χ0v) is 11.6. The Morgan fingerprint density at radius 1 is 1.44 bits per heavy atom. The second kappa shape index (κ2) is 4.47. The fourth-order valence-corrected chi connectivity index (χ4v) is 3.65. The van der Waals surface area contributed by atoms with Gasteiger partial charge in [0.05, 0.1) is 4.88 Å². The number of nitrogens with zero attached hydrogens (tertiary/aromatic N) is 1. The number of hydrogen-bond donors (Lipinski definition) is 0. The quantitative estimate of drug-likeness (QED) is 0.766. The summed E-state index contributed by atoms with van der Waals surface area (Å²) in [5.41, 5.74) is 2.64. The minimum Gasteiger partial charge on any atom is -0.297 e. The highest BCUT2D eigenvalue weighted by Gasteiger charge is 2.22. The Labute approximate surface area is 111 Å². The second-order valence-electron chi connectivity index (χ2n) is 5.50. The maximum atomic E-state index is 10.8. The fraction of sp³-hybridized carbons (Fsp3) is 0.467. The third kappa shape index (κ3) is 1.97. The van der Waals surface area contributed by atoms with E-state index < -0.39 is 0 Å². The number of thiophene rings is 1. The van der Waals surface area contributed by atoms with Gasteiger partial charge in [-0.15, -0.1) is 11.3 Å². The maximum Gasteiger partial charge on any atom is 0.160 e. The number of aldehydes is 1. The van der Waals surface area contributed by atoms with Crippen molar-refractivity contribution in [1.29, 1.82) is 0 Å². The SMILES string of the molecule is CC(C)C1CCc2nc3sc(C=O)cc3cc2C1. The van der Waals surface area contributed by atoms with Gasteiger partial charge in [-0.2, -0.15) is 0 Å². The Morgan fingerprint density at radius 2 is 2.28 bits per heavy atom. The number of fused-ring (bicyclic) bond motifs is 2. The molecule has 0 spiro atoms. The summed E-state index contributed by atoms with van der Waals surface area (Å²) in [6, 6.07) is 4.20. The van der Waals surface area contributed by atoms with Gasteiger partial charge in [0.2, 0.25) is 0 Å². The molecular weight excluding hydrogens is 242 g/mol. The molecular formula is C15H17NOS. The Kier molecular flexibility index (Phi) is 2.94. The van der Waals surface area contributed by atoms with Crippen LogP contribution >= 0.6 is 11.3 Å². The van der Waals surface area contributed by atoms with Gasteiger partial charge in [-0.3, -0.25) is 4.79 Å². The number of pyridine rings is 1. The predicted octanol–water partition coefficient (Wildman–Crippen LogP) is 3.87. The Bertz CT molecular complexity index is 600. The van der Waals surface area contributed by atoms with Gasteiger partial charge < -0.3 is 0 Å². The molecule has 2 aromatic rings. The summed E-state index contributed by atoms with van der Waals surface area (Å²) >= 11 is 1.50. The van der Waals surface area contributed by atoms with Gasteiger partial charge in [0.15, 0.2) is 6.29 Å². The van der Waals surface area contributed by atoms with Gasteiger partial charge >= 0.3 is 0 Å². The molecule has 0 amide bonds. The molecule has 0 radical (unpaired) electrons. The first-order chi connectivity index (χ1) is 8.67. The molecule has 0 bridgehead atoms. The van der Waals surface area contributed by atoms with Crippen LogP contribution in [-0.2, 0) is 12.8 Å². The van der Waals surface area contributed by atoms with Crippen LogP contribution in [0.25, 0.3) is 10.2 Å². The number of hydrogen-bond acceptors (Lipinski definition) is 3. The van der Waals surface area contributed by atoms with E-state index in [1.807, 2.05) is 6.07 Å². The van der Waals surface area contributed by atoms with Crippen LogP contribution in [0.5, 0.6) is 0 Å². The lowest BCUT2D eigenvalue weighted by Crippen LogP contribution is -2.19. The molecule has 1 aliphatic rings. The highest BCUT2D eigenvalue weighted by molar-refractivity contribution is 7.20. The zero-order chi connectivity index (χ0) is 12.7. The number of carbonyl (C=O) groups is 1. The second-order valence-corrected chi connectivity index (χ2v) is 6.56. The van der Waals surface area contributed by atoms with Gasteiger partial charge in [-0.25, -0.2) is 4.98 Å². The summed E-state index contributed by atoms with van der Waals surface area (Å²) in [7, 11) is 0. The van der Waals surface area contributed by atoms with Crippen molar-refractivity contribution in [3.05, 3.63) is 28.3 Å². The standard InChI is InChI=1S/C15H17NOS/c1-9(2)10-3-4-14-11(5-10)6-12-7-13(8-17)18-15(12)16-14/h6-10H,3-5H2,1-2H3. The van der Waals surface area contributed by atoms with E-state index in [1.165, 1.54) is 29.0 Å². The summed E-state index contributed by atoms with van der Waals surface area (Å²) in [5.74, 6) is 1.52. The molecule has 1 aliphatic carbocycles. The van der Waals surface area contributed by atoms with E-state index in [4.69, 9.17) is 4.98 Å². The number of aryl methyl sites for hydroxylation is 1. The smallest absolute Gasteiger partial charge is 0.160 e. The largest absolute Gasteiger partial charge is 0.297 e. The molecule has 0 aliphatic heterocycles. The van der Waals surface area contributed by atoms with Crippen molar-refractivity contribution < 1.29 is 4.79 Å². The summed E-state index contributed by atoms with van der Waals surface area (Å²) in [6.07, 6.45) is 4.39. The molecule has 94 valence electrons. The lowest BCUT2D eigenvalue weighted by Gasteiger charge is -2.26. The van der Waals surface area contributed by atoms with Gasteiger partial charge in [0.25, 0.3) is 0 Å². The first-order valence-electron chi connectivity index (χ1n) is 6.55. The molecule has 0 fully saturated rings. The van der Waals surface area contributed by atoms with Crippen LogP contribution in [0.15, 0.2) is 12.1 Å². The van der Waals surface area contributed by atoms with E-state index in [2.05, 4.69) is 19.9 Å². The van der Waals surface area contributed by atoms with Crippen LogP contribution in [0.1, 0.15) is 41.2 Å². The molecule has 3 rings (SSSR count). The summed E-state index contributed by atoms with van der Waals surface area (Å²) in [4.78, 5) is 17.4. The molecule has 2 heterocycles. The number of rotatable bonds is 2. The predicted molar refractivity (Wildman–Crippen MR) is 75.4 cm³/mol. The molecule has 0 aromatic carbocycles. The Hall–Kier alpha value is -1.22. The van der Waals surface area contributed by atoms with Crippen LogP contribution in [0.3, 0.4) is 0 Å². The van der Waals surface area contributed by atoms with E-state index in [-0.39, 0.29) is 0 Å². The summed E-state index contributed by atoms with van der Waals surface area (Å²) in [5, 5.41) is 1.13. The van der Waals surface area contributed by atoms with Crippen LogP contribution in [0.4, 0.5) is 0 Å². The van der Waals surface area contributed by atoms with Crippen LogP contribution < -0.4 is 0 Å². The minimum atomic E-state index is 0.738. The third-order valence-electron chi connectivity index (χ3n) is 3.99. The highest BCUT2D eigenvalue weighted by Crippen LogP contribution is 2.33.